The van der Waals surface area contributed by atoms with Crippen LogP contribution < -0.4 is 0 Å². The van der Waals surface area contributed by atoms with Crippen LogP contribution in [0.4, 0.5) is 0 Å². The van der Waals surface area contributed by atoms with Gasteiger partial charge in [0.2, 0.25) is 10.0 Å². The van der Waals surface area contributed by atoms with Gasteiger partial charge in [0.05, 0.1) is 11.4 Å². The van der Waals surface area contributed by atoms with Crippen LogP contribution in [0.2, 0.25) is 0 Å². The number of rotatable bonds is 5. The van der Waals surface area contributed by atoms with E-state index in [0.717, 1.165) is 11.1 Å². The summed E-state index contributed by atoms with van der Waals surface area (Å²) >= 11 is 3.49. The van der Waals surface area contributed by atoms with Crippen molar-refractivity contribution in [1.82, 2.24) is 4.31 Å². The highest BCUT2D eigenvalue weighted by Crippen LogP contribution is 2.32. The van der Waals surface area contributed by atoms with E-state index < -0.39 is 22.5 Å². The van der Waals surface area contributed by atoms with Gasteiger partial charge in [-0.15, -0.1) is 0 Å². The summed E-state index contributed by atoms with van der Waals surface area (Å²) in [6.07, 6.45) is 0.434. The predicted molar refractivity (Wildman–Crippen MR) is 104 cm³/mol. The minimum Gasteiger partial charge on any atom is -0.354 e. The van der Waals surface area contributed by atoms with Crippen molar-refractivity contribution in [3.63, 3.8) is 0 Å². The van der Waals surface area contributed by atoms with Gasteiger partial charge in [-0.1, -0.05) is 64.0 Å². The van der Waals surface area contributed by atoms with Crippen LogP contribution in [0.25, 0.3) is 6.08 Å². The molecular formula is C19H20BrNO4S. The Morgan fingerprint density at radius 3 is 2.46 bits per heavy atom. The van der Waals surface area contributed by atoms with Gasteiger partial charge in [-0.2, -0.15) is 4.31 Å². The van der Waals surface area contributed by atoms with E-state index in [9.17, 15) is 8.42 Å². The fourth-order valence-electron chi connectivity index (χ4n) is 2.68. The standard InChI is InChI=1S/C19H20BrNO4S/c1-14-8-10-16(11-9-14)26(22,23)21-13-18(24-2)25-19(21)17(20)12-15-6-4-3-5-7-15/h3-12,18-19H,13H2,1-2H3/b17-12-. The molecule has 0 bridgehead atoms. The number of aryl methyl sites for hydroxylation is 1. The minimum atomic E-state index is -3.73. The van der Waals surface area contributed by atoms with E-state index in [-0.39, 0.29) is 11.4 Å². The molecule has 1 fully saturated rings. The molecule has 5 nitrogen and oxygen atoms in total. The third-order valence-electron chi connectivity index (χ3n) is 4.10. The first kappa shape index (κ1) is 19.3. The molecule has 2 aromatic carbocycles. The van der Waals surface area contributed by atoms with Crippen LogP contribution in [0.1, 0.15) is 11.1 Å². The molecule has 0 aromatic heterocycles. The van der Waals surface area contributed by atoms with E-state index in [1.165, 1.54) is 11.4 Å². The summed E-state index contributed by atoms with van der Waals surface area (Å²) in [6.45, 7) is 2.04. The molecular weight excluding hydrogens is 418 g/mol. The van der Waals surface area contributed by atoms with Gasteiger partial charge >= 0.3 is 0 Å². The van der Waals surface area contributed by atoms with E-state index >= 15 is 0 Å². The number of hydrogen-bond acceptors (Lipinski definition) is 4. The number of nitrogens with zero attached hydrogens (tertiary/aromatic N) is 1. The van der Waals surface area contributed by atoms with Gasteiger partial charge in [-0.3, -0.25) is 0 Å². The maximum absolute atomic E-state index is 13.1. The molecule has 3 rings (SSSR count). The van der Waals surface area contributed by atoms with Gasteiger partial charge in [0.25, 0.3) is 0 Å². The minimum absolute atomic E-state index is 0.120. The van der Waals surface area contributed by atoms with Crippen molar-refractivity contribution in [2.24, 2.45) is 0 Å². The van der Waals surface area contributed by atoms with E-state index in [1.54, 1.807) is 24.3 Å². The molecule has 0 amide bonds. The Balaban J connectivity index is 1.95. The molecule has 1 heterocycles. The van der Waals surface area contributed by atoms with Crippen molar-refractivity contribution in [1.29, 1.82) is 0 Å². The molecule has 0 N–H and O–H groups in total. The second-order valence-corrected chi connectivity index (χ2v) is 8.79. The molecule has 0 aliphatic carbocycles. The Bertz CT molecular complexity index is 882. The number of sulfonamides is 1. The number of ether oxygens (including phenoxy) is 2. The van der Waals surface area contributed by atoms with Crippen molar-refractivity contribution in [2.75, 3.05) is 13.7 Å². The third kappa shape index (κ3) is 4.07. The van der Waals surface area contributed by atoms with Crippen LogP contribution in [0.3, 0.4) is 0 Å². The predicted octanol–water partition coefficient (Wildman–Crippen LogP) is 3.75. The lowest BCUT2D eigenvalue weighted by molar-refractivity contribution is -0.101. The monoisotopic (exact) mass is 437 g/mol. The molecule has 2 atom stereocenters. The topological polar surface area (TPSA) is 55.8 Å². The van der Waals surface area contributed by atoms with Crippen molar-refractivity contribution < 1.29 is 17.9 Å². The normalized spacial score (nSPS) is 21.9. The Kier molecular flexibility index (Phi) is 5.94. The Hall–Kier alpha value is -1.51. The first-order valence-corrected chi connectivity index (χ1v) is 10.3. The first-order chi connectivity index (χ1) is 12.4. The van der Waals surface area contributed by atoms with Gasteiger partial charge in [-0.25, -0.2) is 8.42 Å². The van der Waals surface area contributed by atoms with E-state index in [2.05, 4.69) is 15.9 Å². The molecule has 1 aliphatic rings. The van der Waals surface area contributed by atoms with Crippen molar-refractivity contribution in [3.05, 3.63) is 70.2 Å². The maximum Gasteiger partial charge on any atom is 0.245 e. The molecule has 1 aliphatic heterocycles. The van der Waals surface area contributed by atoms with E-state index in [1.807, 2.05) is 43.3 Å². The number of hydrogen-bond donors (Lipinski definition) is 0. The van der Waals surface area contributed by atoms with E-state index in [0.29, 0.717) is 4.48 Å². The Morgan fingerprint density at radius 2 is 1.85 bits per heavy atom. The second-order valence-electron chi connectivity index (χ2n) is 5.98. The zero-order chi connectivity index (χ0) is 18.7. The Labute approximate surface area is 162 Å². The van der Waals surface area contributed by atoms with Gasteiger partial charge in [0, 0.05) is 11.6 Å². The van der Waals surface area contributed by atoms with Crippen molar-refractivity contribution >= 4 is 32.0 Å². The highest BCUT2D eigenvalue weighted by Gasteiger charge is 2.42. The molecule has 26 heavy (non-hydrogen) atoms. The maximum atomic E-state index is 13.1. The summed E-state index contributed by atoms with van der Waals surface area (Å²) in [5.41, 5.74) is 1.94. The van der Waals surface area contributed by atoms with E-state index in [4.69, 9.17) is 9.47 Å². The van der Waals surface area contributed by atoms with Gasteiger partial charge in [0.1, 0.15) is 0 Å². The molecule has 138 valence electrons. The summed E-state index contributed by atoms with van der Waals surface area (Å²) in [4.78, 5) is 0.230. The highest BCUT2D eigenvalue weighted by atomic mass is 79.9. The van der Waals surface area contributed by atoms with Crippen LogP contribution in [-0.2, 0) is 19.5 Å². The largest absolute Gasteiger partial charge is 0.354 e. The lowest BCUT2D eigenvalue weighted by Gasteiger charge is -2.22. The summed E-state index contributed by atoms with van der Waals surface area (Å²) in [5, 5.41) is 0. The molecule has 1 saturated heterocycles. The quantitative estimate of drug-likeness (QED) is 0.714. The molecule has 0 saturated carbocycles. The lowest BCUT2D eigenvalue weighted by Crippen LogP contribution is -2.36. The Morgan fingerprint density at radius 1 is 1.19 bits per heavy atom. The van der Waals surface area contributed by atoms with Crippen LogP contribution in [-0.4, -0.2) is 38.9 Å². The SMILES string of the molecule is COC1CN(S(=O)(=O)c2ccc(C)cc2)C(/C(Br)=C/c2ccccc2)O1. The summed E-state index contributed by atoms with van der Waals surface area (Å²) in [5.74, 6) is 0. The molecule has 0 spiro atoms. The average molecular weight is 438 g/mol. The van der Waals surface area contributed by atoms with Crippen LogP contribution in [0.15, 0.2) is 64.0 Å². The smallest absolute Gasteiger partial charge is 0.245 e. The van der Waals surface area contributed by atoms with Gasteiger partial charge < -0.3 is 9.47 Å². The lowest BCUT2D eigenvalue weighted by atomic mass is 10.2. The number of halogens is 1. The zero-order valence-electron chi connectivity index (χ0n) is 14.5. The van der Waals surface area contributed by atoms with Crippen LogP contribution >= 0.6 is 15.9 Å². The summed E-state index contributed by atoms with van der Waals surface area (Å²) < 4.78 is 39.2. The highest BCUT2D eigenvalue weighted by molar-refractivity contribution is 9.11. The summed E-state index contributed by atoms with van der Waals surface area (Å²) in [7, 11) is -2.23. The van der Waals surface area contributed by atoms with Gasteiger partial charge in [0.15, 0.2) is 12.5 Å². The average Bonchev–Trinajstić information content (AvgIpc) is 3.08. The summed E-state index contributed by atoms with van der Waals surface area (Å²) in [6, 6.07) is 16.4. The fraction of sp³-hybridized carbons (Fsp3) is 0.263. The molecule has 7 heteroatoms. The second kappa shape index (κ2) is 8.02. The zero-order valence-corrected chi connectivity index (χ0v) is 16.9. The molecule has 0 radical (unpaired) electrons. The first-order valence-electron chi connectivity index (χ1n) is 8.11. The van der Waals surface area contributed by atoms with Crippen LogP contribution in [0, 0.1) is 6.92 Å². The molecule has 2 unspecified atom stereocenters. The number of benzene rings is 2. The van der Waals surface area contributed by atoms with Crippen LogP contribution in [0.5, 0.6) is 0 Å². The fourth-order valence-corrected chi connectivity index (χ4v) is 4.92. The third-order valence-corrected chi connectivity index (χ3v) is 6.55. The van der Waals surface area contributed by atoms with Crippen molar-refractivity contribution in [3.8, 4) is 0 Å². The van der Waals surface area contributed by atoms with Gasteiger partial charge in [-0.05, 0) is 30.7 Å². The van der Waals surface area contributed by atoms with Crippen molar-refractivity contribution in [2.45, 2.75) is 24.3 Å². The molecule has 2 aromatic rings. The number of methoxy groups -OCH3 is 1.